The van der Waals surface area contributed by atoms with Crippen molar-refractivity contribution in [2.75, 3.05) is 13.1 Å². The zero-order valence-electron chi connectivity index (χ0n) is 13.3. The van der Waals surface area contributed by atoms with Crippen molar-refractivity contribution in [3.8, 4) is 0 Å². The second-order valence-electron chi connectivity index (χ2n) is 6.73. The lowest BCUT2D eigenvalue weighted by atomic mass is 9.71. The Kier molecular flexibility index (Phi) is 4.90. The van der Waals surface area contributed by atoms with Crippen LogP contribution in [0.1, 0.15) is 30.4 Å². The molecule has 3 saturated heterocycles. The molecule has 1 unspecified atom stereocenters. The molecule has 122 valence electrons. The minimum atomic E-state index is -0.915. The molecule has 3 aliphatic heterocycles. The van der Waals surface area contributed by atoms with Gasteiger partial charge in [-0.3, -0.25) is 4.90 Å². The van der Waals surface area contributed by atoms with Crippen LogP contribution >= 0.6 is 17.0 Å². The average Bonchev–Trinajstić information content (AvgIpc) is 2.63. The third-order valence-electron chi connectivity index (χ3n) is 5.56. The van der Waals surface area contributed by atoms with Crippen molar-refractivity contribution in [1.82, 2.24) is 4.90 Å². The molecule has 23 heavy (non-hydrogen) atoms. The fourth-order valence-corrected chi connectivity index (χ4v) is 4.34. The summed E-state index contributed by atoms with van der Waals surface area (Å²) in [6.45, 7) is 2.24. The highest BCUT2D eigenvalue weighted by Gasteiger charge is 2.47. The Bertz CT molecular complexity index is 583. The number of halogens is 1. The molecule has 1 atom stereocenters. The van der Waals surface area contributed by atoms with Gasteiger partial charge in [0, 0.05) is 6.04 Å². The van der Waals surface area contributed by atoms with Gasteiger partial charge in [0.15, 0.2) is 0 Å². The standard InChI is InChI=1S/C20H23NO.BrH/c22-20(17-7-3-1-4-8-17,18-9-5-2-6-10-18)19-15-16-11-13-21(19)14-12-16;/h1-10,16,19,22H,11-15H2;1H. The molecular weight excluding hydrogens is 350 g/mol. The molecular formula is C20H24BrNO. The first-order chi connectivity index (χ1) is 10.8. The maximum atomic E-state index is 11.9. The number of aliphatic hydroxyl groups is 1. The van der Waals surface area contributed by atoms with Crippen molar-refractivity contribution in [3.05, 3.63) is 71.8 Å². The van der Waals surface area contributed by atoms with Crippen LogP contribution in [0.15, 0.2) is 60.7 Å². The van der Waals surface area contributed by atoms with Gasteiger partial charge in [0.05, 0.1) is 0 Å². The number of hydrogen-bond donors (Lipinski definition) is 1. The van der Waals surface area contributed by atoms with Crippen molar-refractivity contribution < 1.29 is 5.11 Å². The van der Waals surface area contributed by atoms with E-state index in [1.54, 1.807) is 0 Å². The number of piperidine rings is 3. The van der Waals surface area contributed by atoms with Gasteiger partial charge in [-0.2, -0.15) is 0 Å². The van der Waals surface area contributed by atoms with Crippen molar-refractivity contribution in [2.24, 2.45) is 5.92 Å². The monoisotopic (exact) mass is 373 g/mol. The molecule has 3 heteroatoms. The van der Waals surface area contributed by atoms with E-state index in [9.17, 15) is 5.11 Å². The fourth-order valence-electron chi connectivity index (χ4n) is 4.34. The Labute approximate surface area is 148 Å². The van der Waals surface area contributed by atoms with Gasteiger partial charge in [-0.25, -0.2) is 0 Å². The van der Waals surface area contributed by atoms with Crippen molar-refractivity contribution in [2.45, 2.75) is 30.9 Å². The van der Waals surface area contributed by atoms with Crippen LogP contribution in [0.2, 0.25) is 0 Å². The smallest absolute Gasteiger partial charge is 0.130 e. The lowest BCUT2D eigenvalue weighted by Gasteiger charge is -2.52. The molecule has 0 aromatic heterocycles. The van der Waals surface area contributed by atoms with E-state index >= 15 is 0 Å². The van der Waals surface area contributed by atoms with Crippen LogP contribution in [0.25, 0.3) is 0 Å². The van der Waals surface area contributed by atoms with Crippen LogP contribution < -0.4 is 0 Å². The summed E-state index contributed by atoms with van der Waals surface area (Å²) >= 11 is 0. The molecule has 0 saturated carbocycles. The first-order valence-corrected chi connectivity index (χ1v) is 8.36. The maximum absolute atomic E-state index is 11.9. The van der Waals surface area contributed by atoms with Gasteiger partial charge in [-0.1, -0.05) is 60.7 Å². The summed E-state index contributed by atoms with van der Waals surface area (Å²) in [6.07, 6.45) is 3.67. The Balaban J connectivity index is 0.00000156. The summed E-state index contributed by atoms with van der Waals surface area (Å²) in [4.78, 5) is 2.50. The highest BCUT2D eigenvalue weighted by molar-refractivity contribution is 8.93. The maximum Gasteiger partial charge on any atom is 0.130 e. The molecule has 1 N–H and O–H groups in total. The number of hydrogen-bond acceptors (Lipinski definition) is 2. The summed E-state index contributed by atoms with van der Waals surface area (Å²) in [6, 6.07) is 20.6. The predicted molar refractivity (Wildman–Crippen MR) is 98.9 cm³/mol. The molecule has 3 fully saturated rings. The lowest BCUT2D eigenvalue weighted by Crippen LogP contribution is -2.58. The molecule has 0 aliphatic carbocycles. The minimum absolute atomic E-state index is 0. The molecule has 0 spiro atoms. The second kappa shape index (κ2) is 6.76. The third-order valence-corrected chi connectivity index (χ3v) is 5.56. The van der Waals surface area contributed by atoms with E-state index in [1.165, 1.54) is 12.8 Å². The largest absolute Gasteiger partial charge is 0.379 e. The van der Waals surface area contributed by atoms with Crippen LogP contribution in [0.5, 0.6) is 0 Å². The predicted octanol–water partition coefficient (Wildman–Crippen LogP) is 3.98. The zero-order chi connectivity index (χ0) is 15.0. The number of benzene rings is 2. The summed E-state index contributed by atoms with van der Waals surface area (Å²) in [5.41, 5.74) is 1.11. The van der Waals surface area contributed by atoms with Crippen LogP contribution in [0.3, 0.4) is 0 Å². The number of fused-ring (bicyclic) bond motifs is 3. The first kappa shape index (κ1) is 16.7. The van der Waals surface area contributed by atoms with Crippen LogP contribution in [-0.2, 0) is 5.60 Å². The molecule has 0 amide bonds. The molecule has 2 aromatic rings. The Hall–Kier alpha value is -1.16. The minimum Gasteiger partial charge on any atom is -0.379 e. The van der Waals surface area contributed by atoms with Crippen LogP contribution in [0, 0.1) is 5.92 Å². The van der Waals surface area contributed by atoms with Crippen molar-refractivity contribution in [3.63, 3.8) is 0 Å². The van der Waals surface area contributed by atoms with Gasteiger partial charge in [-0.15, -0.1) is 17.0 Å². The number of rotatable bonds is 3. The van der Waals surface area contributed by atoms with E-state index < -0.39 is 5.60 Å². The molecule has 3 aliphatic rings. The van der Waals surface area contributed by atoms with Crippen LogP contribution in [-0.4, -0.2) is 29.1 Å². The topological polar surface area (TPSA) is 23.5 Å². The summed E-state index contributed by atoms with van der Waals surface area (Å²) in [7, 11) is 0. The zero-order valence-corrected chi connectivity index (χ0v) is 15.0. The summed E-state index contributed by atoms with van der Waals surface area (Å²) < 4.78 is 0. The molecule has 2 nitrogen and oxygen atoms in total. The highest BCUT2D eigenvalue weighted by atomic mass is 79.9. The second-order valence-corrected chi connectivity index (χ2v) is 6.73. The third kappa shape index (κ3) is 2.86. The molecule has 2 aromatic carbocycles. The summed E-state index contributed by atoms with van der Waals surface area (Å²) in [5.74, 6) is 0.772. The highest BCUT2D eigenvalue weighted by Crippen LogP contribution is 2.44. The van der Waals surface area contributed by atoms with E-state index in [1.807, 2.05) is 36.4 Å². The quantitative estimate of drug-likeness (QED) is 0.879. The van der Waals surface area contributed by atoms with E-state index in [-0.39, 0.29) is 23.0 Å². The SMILES string of the molecule is Br.OC(c1ccccc1)(c1ccccc1)C1CC2CCN1CC2. The Morgan fingerprint density at radius 2 is 1.30 bits per heavy atom. The summed E-state index contributed by atoms with van der Waals surface area (Å²) in [5, 5.41) is 11.9. The normalized spacial score (nSPS) is 26.6. The fraction of sp³-hybridized carbons (Fsp3) is 0.400. The van der Waals surface area contributed by atoms with E-state index in [2.05, 4.69) is 29.2 Å². The first-order valence-electron chi connectivity index (χ1n) is 8.36. The molecule has 0 radical (unpaired) electrons. The lowest BCUT2D eigenvalue weighted by molar-refractivity contribution is -0.0746. The van der Waals surface area contributed by atoms with Gasteiger partial charge >= 0.3 is 0 Å². The van der Waals surface area contributed by atoms with Gasteiger partial charge < -0.3 is 5.11 Å². The molecule has 2 bridgehead atoms. The van der Waals surface area contributed by atoms with E-state index in [0.717, 1.165) is 36.6 Å². The van der Waals surface area contributed by atoms with Crippen molar-refractivity contribution >= 4 is 17.0 Å². The van der Waals surface area contributed by atoms with Gasteiger partial charge in [0.25, 0.3) is 0 Å². The van der Waals surface area contributed by atoms with Gasteiger partial charge in [0.2, 0.25) is 0 Å². The molecule has 5 rings (SSSR count). The van der Waals surface area contributed by atoms with Crippen molar-refractivity contribution in [1.29, 1.82) is 0 Å². The Morgan fingerprint density at radius 1 is 0.826 bits per heavy atom. The number of nitrogens with zero attached hydrogens (tertiary/aromatic N) is 1. The van der Waals surface area contributed by atoms with E-state index in [4.69, 9.17) is 0 Å². The molecule has 3 heterocycles. The van der Waals surface area contributed by atoms with Gasteiger partial charge in [-0.05, 0) is 49.4 Å². The van der Waals surface area contributed by atoms with Gasteiger partial charge in [0.1, 0.15) is 5.60 Å². The van der Waals surface area contributed by atoms with E-state index in [0.29, 0.717) is 0 Å². The average molecular weight is 374 g/mol. The Morgan fingerprint density at radius 3 is 1.70 bits per heavy atom. The van der Waals surface area contributed by atoms with Crippen LogP contribution in [0.4, 0.5) is 0 Å².